The van der Waals surface area contributed by atoms with Crippen molar-refractivity contribution >= 4 is 40.9 Å². The first-order chi connectivity index (χ1) is 14.0. The second kappa shape index (κ2) is 10.1. The molecule has 0 saturated heterocycles. The molecule has 0 aromatic heterocycles. The van der Waals surface area contributed by atoms with Crippen molar-refractivity contribution in [2.45, 2.75) is 43.5 Å². The van der Waals surface area contributed by atoms with Gasteiger partial charge in [0, 0.05) is 29.4 Å². The van der Waals surface area contributed by atoms with E-state index in [9.17, 15) is 9.59 Å². The molecule has 0 radical (unpaired) electrons. The van der Waals surface area contributed by atoms with E-state index >= 15 is 0 Å². The summed E-state index contributed by atoms with van der Waals surface area (Å²) in [6, 6.07) is 13.6. The van der Waals surface area contributed by atoms with Crippen molar-refractivity contribution in [1.29, 1.82) is 0 Å². The van der Waals surface area contributed by atoms with E-state index in [0.29, 0.717) is 17.3 Å². The van der Waals surface area contributed by atoms with Gasteiger partial charge in [0.05, 0.1) is 10.9 Å². The van der Waals surface area contributed by atoms with Crippen molar-refractivity contribution in [2.75, 3.05) is 18.4 Å². The number of hydrogen-bond acceptors (Lipinski definition) is 4. The molecule has 2 N–H and O–H groups in total. The Morgan fingerprint density at radius 2 is 1.93 bits per heavy atom. The number of nitrogens with zero attached hydrogens (tertiary/aromatic N) is 1. The van der Waals surface area contributed by atoms with E-state index in [1.807, 2.05) is 18.2 Å². The summed E-state index contributed by atoms with van der Waals surface area (Å²) in [5, 5.41) is 5.91. The van der Waals surface area contributed by atoms with Crippen LogP contribution < -0.4 is 10.6 Å². The zero-order valence-electron chi connectivity index (χ0n) is 16.7. The summed E-state index contributed by atoms with van der Waals surface area (Å²) in [5.41, 5.74) is 3.00. The number of benzene rings is 2. The minimum Gasteiger partial charge on any atom is -0.352 e. The maximum absolute atomic E-state index is 12.4. The zero-order valence-corrected chi connectivity index (χ0v) is 18.3. The summed E-state index contributed by atoms with van der Waals surface area (Å²) in [4.78, 5) is 28.0. The molecule has 0 aliphatic carbocycles. The van der Waals surface area contributed by atoms with Crippen LogP contribution in [0.2, 0.25) is 5.02 Å². The van der Waals surface area contributed by atoms with Crippen LogP contribution in [-0.4, -0.2) is 35.1 Å². The normalized spacial score (nSPS) is 15.7. The zero-order chi connectivity index (χ0) is 20.8. The largest absolute Gasteiger partial charge is 0.352 e. The highest BCUT2D eigenvalue weighted by Gasteiger charge is 2.29. The molecule has 2 amide bonds. The smallest absolute Gasteiger partial charge is 0.238 e. The van der Waals surface area contributed by atoms with E-state index in [-0.39, 0.29) is 18.2 Å². The average Bonchev–Trinajstić information content (AvgIpc) is 2.71. The molecular weight excluding hydrogens is 406 g/mol. The van der Waals surface area contributed by atoms with Crippen molar-refractivity contribution in [3.8, 4) is 0 Å². The lowest BCUT2D eigenvalue weighted by atomic mass is 10.1. The molecule has 3 rings (SSSR count). The van der Waals surface area contributed by atoms with E-state index in [2.05, 4.69) is 41.5 Å². The number of hydrogen-bond donors (Lipinski definition) is 2. The van der Waals surface area contributed by atoms with Crippen LogP contribution in [0.3, 0.4) is 0 Å². The number of fused-ring (bicyclic) bond motifs is 1. The fourth-order valence-electron chi connectivity index (χ4n) is 3.24. The number of nitrogens with one attached hydrogen (secondary N) is 2. The van der Waals surface area contributed by atoms with Crippen molar-refractivity contribution in [3.05, 3.63) is 58.6 Å². The Morgan fingerprint density at radius 3 is 2.69 bits per heavy atom. The predicted molar refractivity (Wildman–Crippen MR) is 119 cm³/mol. The summed E-state index contributed by atoms with van der Waals surface area (Å²) in [6.45, 7) is 7.68. The molecule has 1 aliphatic rings. The fraction of sp³-hybridized carbons (Fsp3) is 0.364. The van der Waals surface area contributed by atoms with Crippen molar-refractivity contribution in [3.63, 3.8) is 0 Å². The number of amides is 2. The third kappa shape index (κ3) is 5.98. The van der Waals surface area contributed by atoms with E-state index < -0.39 is 5.25 Å². The third-order valence-corrected chi connectivity index (χ3v) is 6.42. The first-order valence-electron chi connectivity index (χ1n) is 9.82. The van der Waals surface area contributed by atoms with E-state index in [0.717, 1.165) is 30.1 Å². The van der Waals surface area contributed by atoms with E-state index in [1.165, 1.54) is 17.3 Å². The number of carbonyl (C=O) groups is 2. The Bertz CT molecular complexity index is 886. The molecule has 7 heteroatoms. The summed E-state index contributed by atoms with van der Waals surface area (Å²) in [5.74, 6) is -0.301. The van der Waals surface area contributed by atoms with Gasteiger partial charge in [-0.15, -0.1) is 11.8 Å². The lowest BCUT2D eigenvalue weighted by Gasteiger charge is -2.23. The SMILES string of the molecule is CCN(CC)Cc1cccc(CNC(=O)CC2Sc3ccc(Cl)cc3NC2=O)c1. The van der Waals surface area contributed by atoms with Crippen LogP contribution in [-0.2, 0) is 22.7 Å². The van der Waals surface area contributed by atoms with Crippen LogP contribution in [0.4, 0.5) is 5.69 Å². The van der Waals surface area contributed by atoms with Gasteiger partial charge in [-0.25, -0.2) is 0 Å². The summed E-state index contributed by atoms with van der Waals surface area (Å²) in [7, 11) is 0. The molecule has 0 bridgehead atoms. The molecule has 1 aliphatic heterocycles. The van der Waals surface area contributed by atoms with Gasteiger partial charge < -0.3 is 10.6 Å². The molecule has 5 nitrogen and oxygen atoms in total. The number of thioether (sulfide) groups is 1. The van der Waals surface area contributed by atoms with Crippen LogP contribution in [0, 0.1) is 0 Å². The Hall–Kier alpha value is -2.02. The molecule has 2 aromatic rings. The van der Waals surface area contributed by atoms with Crippen molar-refractivity contribution < 1.29 is 9.59 Å². The van der Waals surface area contributed by atoms with E-state index in [1.54, 1.807) is 12.1 Å². The molecule has 154 valence electrons. The van der Waals surface area contributed by atoms with Gasteiger partial charge in [0.1, 0.15) is 0 Å². The highest BCUT2D eigenvalue weighted by Crippen LogP contribution is 2.38. The third-order valence-electron chi connectivity index (χ3n) is 4.91. The fourth-order valence-corrected chi connectivity index (χ4v) is 4.50. The lowest BCUT2D eigenvalue weighted by molar-refractivity contribution is -0.124. The second-order valence-electron chi connectivity index (χ2n) is 7.00. The Labute approximate surface area is 181 Å². The standard InChI is InChI=1S/C22H26ClN3O2S/c1-3-26(4-2)14-16-7-5-6-15(10-16)13-24-21(27)12-20-22(28)25-18-11-17(23)8-9-19(18)29-20/h5-11,20H,3-4,12-14H2,1-2H3,(H,24,27)(H,25,28). The molecule has 29 heavy (non-hydrogen) atoms. The van der Waals surface area contributed by atoms with Crippen LogP contribution >= 0.6 is 23.4 Å². The molecule has 1 unspecified atom stereocenters. The molecule has 0 spiro atoms. The Kier molecular flexibility index (Phi) is 7.58. The molecule has 1 heterocycles. The number of rotatable bonds is 8. The van der Waals surface area contributed by atoms with E-state index in [4.69, 9.17) is 11.6 Å². The lowest BCUT2D eigenvalue weighted by Crippen LogP contribution is -2.34. The van der Waals surface area contributed by atoms with Gasteiger partial charge in [-0.2, -0.15) is 0 Å². The summed E-state index contributed by atoms with van der Waals surface area (Å²) >= 11 is 7.37. The molecule has 0 fully saturated rings. The number of carbonyl (C=O) groups excluding carboxylic acids is 2. The van der Waals surface area contributed by atoms with Gasteiger partial charge in [0.15, 0.2) is 0 Å². The van der Waals surface area contributed by atoms with Gasteiger partial charge in [0.25, 0.3) is 0 Å². The van der Waals surface area contributed by atoms with Crippen LogP contribution in [0.5, 0.6) is 0 Å². The van der Waals surface area contributed by atoms with Crippen LogP contribution in [0.1, 0.15) is 31.4 Å². The number of anilines is 1. The molecule has 0 saturated carbocycles. The number of halogens is 1. The van der Waals surface area contributed by atoms with Crippen molar-refractivity contribution in [1.82, 2.24) is 10.2 Å². The Morgan fingerprint density at radius 1 is 1.17 bits per heavy atom. The maximum Gasteiger partial charge on any atom is 0.238 e. The van der Waals surface area contributed by atoms with Crippen LogP contribution in [0.15, 0.2) is 47.4 Å². The summed E-state index contributed by atoms with van der Waals surface area (Å²) < 4.78 is 0. The highest BCUT2D eigenvalue weighted by atomic mass is 35.5. The first kappa shape index (κ1) is 21.7. The average molecular weight is 432 g/mol. The topological polar surface area (TPSA) is 61.4 Å². The molecule has 1 atom stereocenters. The summed E-state index contributed by atoms with van der Waals surface area (Å²) in [6.07, 6.45) is 0.137. The van der Waals surface area contributed by atoms with Gasteiger partial charge in [-0.1, -0.05) is 49.7 Å². The molecular formula is C22H26ClN3O2S. The maximum atomic E-state index is 12.4. The van der Waals surface area contributed by atoms with Crippen molar-refractivity contribution in [2.24, 2.45) is 0 Å². The Balaban J connectivity index is 1.54. The predicted octanol–water partition coefficient (Wildman–Crippen LogP) is 4.30. The second-order valence-corrected chi connectivity index (χ2v) is 8.68. The van der Waals surface area contributed by atoms with Gasteiger partial charge in [-0.3, -0.25) is 14.5 Å². The monoisotopic (exact) mass is 431 g/mol. The molecule has 2 aromatic carbocycles. The van der Waals surface area contributed by atoms with Gasteiger partial charge in [-0.05, 0) is 42.4 Å². The van der Waals surface area contributed by atoms with Gasteiger partial charge in [0.2, 0.25) is 11.8 Å². The van der Waals surface area contributed by atoms with Crippen LogP contribution in [0.25, 0.3) is 0 Å². The minimum absolute atomic E-state index is 0.135. The quantitative estimate of drug-likeness (QED) is 0.654. The minimum atomic E-state index is -0.447. The highest BCUT2D eigenvalue weighted by molar-refractivity contribution is 8.01. The van der Waals surface area contributed by atoms with Gasteiger partial charge >= 0.3 is 0 Å². The first-order valence-corrected chi connectivity index (χ1v) is 11.1.